The molecule has 0 saturated carbocycles. The number of aryl methyl sites for hydroxylation is 3. The summed E-state index contributed by atoms with van der Waals surface area (Å²) in [5, 5.41) is 5.64. The number of carbonyl (C=O) groups is 2. The Kier molecular flexibility index (Phi) is 5.62. The van der Waals surface area contributed by atoms with E-state index >= 15 is 0 Å². The van der Waals surface area contributed by atoms with Gasteiger partial charge in [0.2, 0.25) is 11.8 Å². The van der Waals surface area contributed by atoms with E-state index in [0.717, 1.165) is 27.9 Å². The molecule has 4 nitrogen and oxygen atoms in total. The molecule has 4 heteroatoms. The first-order valence-corrected chi connectivity index (χ1v) is 8.43. The predicted octanol–water partition coefficient (Wildman–Crippen LogP) is 3.64. The summed E-state index contributed by atoms with van der Waals surface area (Å²) in [6.45, 7) is 9.60. The number of hydrogen-bond donors (Lipinski definition) is 2. The number of carbonyl (C=O) groups excluding carboxylic acids is 2. The summed E-state index contributed by atoms with van der Waals surface area (Å²) in [5.41, 5.74) is 4.22. The Morgan fingerprint density at radius 2 is 1.52 bits per heavy atom. The van der Waals surface area contributed by atoms with Crippen LogP contribution in [0.15, 0.2) is 42.5 Å². The van der Waals surface area contributed by atoms with E-state index in [-0.39, 0.29) is 18.4 Å². The average Bonchev–Trinajstić information content (AvgIpc) is 2.56. The van der Waals surface area contributed by atoms with E-state index in [1.807, 2.05) is 77.1 Å². The second-order valence-electron chi connectivity index (χ2n) is 7.00. The molecule has 0 bridgehead atoms. The minimum Gasteiger partial charge on any atom is -0.346 e. The molecule has 2 amide bonds. The van der Waals surface area contributed by atoms with Crippen molar-refractivity contribution in [2.45, 2.75) is 40.0 Å². The summed E-state index contributed by atoms with van der Waals surface area (Å²) < 4.78 is 0. The molecule has 0 aliphatic rings. The minimum atomic E-state index is -0.697. The van der Waals surface area contributed by atoms with Gasteiger partial charge in [0, 0.05) is 5.69 Å². The molecule has 0 aliphatic heterocycles. The van der Waals surface area contributed by atoms with E-state index in [0.29, 0.717) is 0 Å². The zero-order valence-corrected chi connectivity index (χ0v) is 15.6. The van der Waals surface area contributed by atoms with Crippen LogP contribution in [0.1, 0.15) is 36.1 Å². The van der Waals surface area contributed by atoms with E-state index in [9.17, 15) is 9.59 Å². The van der Waals surface area contributed by atoms with Crippen molar-refractivity contribution in [3.63, 3.8) is 0 Å². The average molecular weight is 338 g/mol. The number of nitrogens with one attached hydrogen (secondary N) is 2. The fourth-order valence-electron chi connectivity index (χ4n) is 2.93. The Balaban J connectivity index is 1.99. The Bertz CT molecular complexity index is 757. The molecule has 0 spiro atoms. The molecular weight excluding hydrogens is 312 g/mol. The quantitative estimate of drug-likeness (QED) is 0.874. The van der Waals surface area contributed by atoms with E-state index in [1.165, 1.54) is 0 Å². The Hall–Kier alpha value is -2.62. The van der Waals surface area contributed by atoms with Gasteiger partial charge in [0.25, 0.3) is 0 Å². The topological polar surface area (TPSA) is 58.2 Å². The number of anilines is 1. The molecule has 2 N–H and O–H groups in total. The zero-order valence-electron chi connectivity index (χ0n) is 15.6. The highest BCUT2D eigenvalue weighted by molar-refractivity contribution is 5.97. The maximum atomic E-state index is 12.5. The van der Waals surface area contributed by atoms with Crippen LogP contribution in [0, 0.1) is 20.8 Å². The van der Waals surface area contributed by atoms with Crippen LogP contribution in [-0.2, 0) is 15.0 Å². The summed E-state index contributed by atoms with van der Waals surface area (Å²) in [6, 6.07) is 13.6. The molecule has 132 valence electrons. The van der Waals surface area contributed by atoms with E-state index in [1.54, 1.807) is 0 Å². The second kappa shape index (κ2) is 7.51. The van der Waals surface area contributed by atoms with E-state index < -0.39 is 5.41 Å². The fraction of sp³-hybridized carbons (Fsp3) is 0.333. The van der Waals surface area contributed by atoms with E-state index in [4.69, 9.17) is 0 Å². The van der Waals surface area contributed by atoms with Crippen molar-refractivity contribution in [3.8, 4) is 0 Å². The standard InChI is InChI=1S/C21H26N2O2/c1-14-11-15(2)19(16(3)12-14)23-18(24)13-22-20(25)21(4,5)17-9-7-6-8-10-17/h6-12H,13H2,1-5H3,(H,22,25)(H,23,24). The van der Waals surface area contributed by atoms with Crippen LogP contribution in [0.3, 0.4) is 0 Å². The fourth-order valence-corrected chi connectivity index (χ4v) is 2.93. The first-order valence-electron chi connectivity index (χ1n) is 8.43. The molecule has 0 atom stereocenters. The van der Waals surface area contributed by atoms with Crippen LogP contribution in [0.25, 0.3) is 0 Å². The molecule has 0 saturated heterocycles. The van der Waals surface area contributed by atoms with Gasteiger partial charge in [-0.15, -0.1) is 0 Å². The van der Waals surface area contributed by atoms with Gasteiger partial charge in [-0.3, -0.25) is 9.59 Å². The van der Waals surface area contributed by atoms with Crippen LogP contribution in [0.4, 0.5) is 5.69 Å². The van der Waals surface area contributed by atoms with Crippen molar-refractivity contribution in [2.75, 3.05) is 11.9 Å². The monoisotopic (exact) mass is 338 g/mol. The Labute approximate surface area is 149 Å². The smallest absolute Gasteiger partial charge is 0.243 e. The summed E-state index contributed by atoms with van der Waals surface area (Å²) >= 11 is 0. The third-order valence-corrected chi connectivity index (χ3v) is 4.41. The highest BCUT2D eigenvalue weighted by atomic mass is 16.2. The predicted molar refractivity (Wildman–Crippen MR) is 102 cm³/mol. The van der Waals surface area contributed by atoms with Gasteiger partial charge in [0.1, 0.15) is 0 Å². The van der Waals surface area contributed by atoms with E-state index in [2.05, 4.69) is 10.6 Å². The molecule has 0 unspecified atom stereocenters. The van der Waals surface area contributed by atoms with Crippen LogP contribution in [0.2, 0.25) is 0 Å². The van der Waals surface area contributed by atoms with Crippen molar-refractivity contribution < 1.29 is 9.59 Å². The molecule has 2 aromatic rings. The molecule has 2 rings (SSSR count). The van der Waals surface area contributed by atoms with Gasteiger partial charge in [-0.1, -0.05) is 48.0 Å². The molecule has 25 heavy (non-hydrogen) atoms. The molecular formula is C21H26N2O2. The van der Waals surface area contributed by atoms with Crippen LogP contribution >= 0.6 is 0 Å². The second-order valence-corrected chi connectivity index (χ2v) is 7.00. The third kappa shape index (κ3) is 4.47. The molecule has 0 heterocycles. The Morgan fingerprint density at radius 3 is 2.08 bits per heavy atom. The maximum Gasteiger partial charge on any atom is 0.243 e. The van der Waals surface area contributed by atoms with Crippen molar-refractivity contribution >= 4 is 17.5 Å². The van der Waals surface area contributed by atoms with Gasteiger partial charge < -0.3 is 10.6 Å². The molecule has 0 radical (unpaired) electrons. The maximum absolute atomic E-state index is 12.5. The summed E-state index contributed by atoms with van der Waals surface area (Å²) in [4.78, 5) is 24.8. The first kappa shape index (κ1) is 18.7. The normalized spacial score (nSPS) is 11.1. The van der Waals surface area contributed by atoms with Gasteiger partial charge >= 0.3 is 0 Å². The van der Waals surface area contributed by atoms with Gasteiger partial charge in [0.15, 0.2) is 0 Å². The molecule has 0 aromatic heterocycles. The van der Waals surface area contributed by atoms with Crippen molar-refractivity contribution in [3.05, 3.63) is 64.7 Å². The van der Waals surface area contributed by atoms with Gasteiger partial charge in [0.05, 0.1) is 12.0 Å². The molecule has 0 aliphatic carbocycles. The van der Waals surface area contributed by atoms with Crippen LogP contribution < -0.4 is 10.6 Å². The Morgan fingerprint density at radius 1 is 0.960 bits per heavy atom. The number of amides is 2. The lowest BCUT2D eigenvalue weighted by Gasteiger charge is -2.24. The van der Waals surface area contributed by atoms with Gasteiger partial charge in [-0.2, -0.15) is 0 Å². The lowest BCUT2D eigenvalue weighted by Crippen LogP contribution is -2.43. The van der Waals surface area contributed by atoms with Crippen LogP contribution in [-0.4, -0.2) is 18.4 Å². The number of rotatable bonds is 5. The van der Waals surface area contributed by atoms with Crippen molar-refractivity contribution in [1.82, 2.24) is 5.32 Å². The highest BCUT2D eigenvalue weighted by Crippen LogP contribution is 2.23. The molecule has 2 aromatic carbocycles. The largest absolute Gasteiger partial charge is 0.346 e. The first-order chi connectivity index (χ1) is 11.7. The lowest BCUT2D eigenvalue weighted by molar-refractivity contribution is -0.127. The van der Waals surface area contributed by atoms with Crippen LogP contribution in [0.5, 0.6) is 0 Å². The van der Waals surface area contributed by atoms with Gasteiger partial charge in [-0.05, 0) is 51.3 Å². The highest BCUT2D eigenvalue weighted by Gasteiger charge is 2.29. The zero-order chi connectivity index (χ0) is 18.6. The summed E-state index contributed by atoms with van der Waals surface area (Å²) in [6.07, 6.45) is 0. The molecule has 0 fully saturated rings. The number of benzene rings is 2. The number of hydrogen-bond acceptors (Lipinski definition) is 2. The SMILES string of the molecule is Cc1cc(C)c(NC(=O)CNC(=O)C(C)(C)c2ccccc2)c(C)c1. The summed E-state index contributed by atoms with van der Waals surface area (Å²) in [5.74, 6) is -0.404. The van der Waals surface area contributed by atoms with Crippen molar-refractivity contribution in [1.29, 1.82) is 0 Å². The summed E-state index contributed by atoms with van der Waals surface area (Å²) in [7, 11) is 0. The lowest BCUT2D eigenvalue weighted by atomic mass is 9.84. The van der Waals surface area contributed by atoms with Gasteiger partial charge in [-0.25, -0.2) is 0 Å². The van der Waals surface area contributed by atoms with Crippen molar-refractivity contribution in [2.24, 2.45) is 0 Å². The minimum absolute atomic E-state index is 0.0537. The third-order valence-electron chi connectivity index (χ3n) is 4.41.